The fourth-order valence-electron chi connectivity index (χ4n) is 1.64. The molecule has 1 atom stereocenters. The molecule has 0 bridgehead atoms. The third-order valence-corrected chi connectivity index (χ3v) is 2.74. The number of carbonyl (C=O) groups excluding carboxylic acids is 2. The molecule has 19 heavy (non-hydrogen) atoms. The van der Waals surface area contributed by atoms with Crippen LogP contribution in [-0.4, -0.2) is 24.4 Å². The zero-order valence-electron chi connectivity index (χ0n) is 11.4. The number of nitrogens with two attached hydrogens (primary N) is 1. The number of hydrogen-bond donors (Lipinski definition) is 4. The largest absolute Gasteiger partial charge is 0.355 e. The van der Waals surface area contributed by atoms with Gasteiger partial charge in [-0.2, -0.15) is 0 Å². The molecular weight excluding hydrogens is 244 g/mol. The highest BCUT2D eigenvalue weighted by Gasteiger charge is 2.16. The quantitative estimate of drug-likeness (QED) is 0.461. The first-order valence-electron chi connectivity index (χ1n) is 6.15. The van der Waals surface area contributed by atoms with Gasteiger partial charge in [0.2, 0.25) is 5.91 Å². The van der Waals surface area contributed by atoms with Gasteiger partial charge in [0, 0.05) is 12.1 Å². The van der Waals surface area contributed by atoms with Gasteiger partial charge >= 0.3 is 0 Å². The number of hydrazine groups is 1. The number of carbonyl (C=O) groups is 2. The minimum absolute atomic E-state index is 0.201. The highest BCUT2D eigenvalue weighted by molar-refractivity contribution is 5.97. The fourth-order valence-corrected chi connectivity index (χ4v) is 1.64. The number of aryl methyl sites for hydroxylation is 1. The third-order valence-electron chi connectivity index (χ3n) is 2.74. The minimum atomic E-state index is -0.569. The molecule has 6 nitrogen and oxygen atoms in total. The second-order valence-electron chi connectivity index (χ2n) is 4.26. The molecule has 104 valence electrons. The number of anilines is 1. The van der Waals surface area contributed by atoms with Crippen LogP contribution in [0.5, 0.6) is 0 Å². The number of benzene rings is 1. The van der Waals surface area contributed by atoms with E-state index in [0.717, 1.165) is 11.3 Å². The van der Waals surface area contributed by atoms with Gasteiger partial charge in [0.25, 0.3) is 5.91 Å². The maximum absolute atomic E-state index is 12.0. The Hall–Kier alpha value is -2.08. The van der Waals surface area contributed by atoms with Crippen LogP contribution in [0.25, 0.3) is 0 Å². The van der Waals surface area contributed by atoms with Crippen molar-refractivity contribution in [3.05, 3.63) is 29.3 Å². The molecule has 1 unspecified atom stereocenters. The lowest BCUT2D eigenvalue weighted by Crippen LogP contribution is -2.44. The van der Waals surface area contributed by atoms with E-state index in [-0.39, 0.29) is 11.8 Å². The summed E-state index contributed by atoms with van der Waals surface area (Å²) >= 11 is 0. The van der Waals surface area contributed by atoms with Gasteiger partial charge in [-0.05, 0) is 44.5 Å². The summed E-state index contributed by atoms with van der Waals surface area (Å²) in [6, 6.07) is 4.53. The average Bonchev–Trinajstić information content (AvgIpc) is 2.38. The molecule has 0 fully saturated rings. The summed E-state index contributed by atoms with van der Waals surface area (Å²) in [6.45, 7) is 5.86. The van der Waals surface area contributed by atoms with Crippen molar-refractivity contribution in [2.24, 2.45) is 5.84 Å². The van der Waals surface area contributed by atoms with Crippen molar-refractivity contribution >= 4 is 17.5 Å². The number of hydrogen-bond acceptors (Lipinski definition) is 4. The summed E-state index contributed by atoms with van der Waals surface area (Å²) in [6.07, 6.45) is 0. The van der Waals surface area contributed by atoms with Gasteiger partial charge in [-0.1, -0.05) is 0 Å². The monoisotopic (exact) mass is 264 g/mol. The Kier molecular flexibility index (Phi) is 5.32. The molecule has 1 aromatic carbocycles. The van der Waals surface area contributed by atoms with Crippen molar-refractivity contribution in [3.8, 4) is 0 Å². The summed E-state index contributed by atoms with van der Waals surface area (Å²) in [5.74, 6) is 4.84. The summed E-state index contributed by atoms with van der Waals surface area (Å²) in [4.78, 5) is 23.5. The van der Waals surface area contributed by atoms with Crippen LogP contribution in [0.1, 0.15) is 29.8 Å². The Bertz CT molecular complexity index is 474. The maximum atomic E-state index is 12.0. The van der Waals surface area contributed by atoms with Crippen molar-refractivity contribution in [3.63, 3.8) is 0 Å². The molecular formula is C13H20N4O2. The molecule has 5 N–H and O–H groups in total. The summed E-state index contributed by atoms with van der Waals surface area (Å²) in [5, 5.41) is 5.29. The van der Waals surface area contributed by atoms with E-state index in [4.69, 9.17) is 5.84 Å². The van der Waals surface area contributed by atoms with Crippen LogP contribution in [0.2, 0.25) is 0 Å². The summed E-state index contributed by atoms with van der Waals surface area (Å²) < 4.78 is 0. The average molecular weight is 264 g/mol. The number of likely N-dealkylation sites (N-methyl/N-ethyl adjacent to an activating group) is 1. The van der Waals surface area contributed by atoms with Gasteiger partial charge in [-0.3, -0.25) is 15.4 Å². The number of nitrogens with one attached hydrogen (secondary N) is 3. The molecule has 2 amide bonds. The molecule has 6 heteroatoms. The van der Waals surface area contributed by atoms with Crippen molar-refractivity contribution in [2.75, 3.05) is 12.0 Å². The van der Waals surface area contributed by atoms with E-state index in [1.807, 2.05) is 13.8 Å². The molecule has 0 radical (unpaired) electrons. The Morgan fingerprint density at radius 3 is 2.58 bits per heavy atom. The Morgan fingerprint density at radius 2 is 2.05 bits per heavy atom. The van der Waals surface area contributed by atoms with E-state index in [1.165, 1.54) is 0 Å². The maximum Gasteiger partial charge on any atom is 0.251 e. The molecule has 0 spiro atoms. The lowest BCUT2D eigenvalue weighted by atomic mass is 10.1. The van der Waals surface area contributed by atoms with Crippen molar-refractivity contribution in [1.29, 1.82) is 0 Å². The number of nitrogen functional groups attached to an aromatic ring is 1. The highest BCUT2D eigenvalue weighted by Crippen LogP contribution is 2.15. The lowest BCUT2D eigenvalue weighted by Gasteiger charge is -2.14. The van der Waals surface area contributed by atoms with Crippen molar-refractivity contribution in [1.82, 2.24) is 10.6 Å². The molecule has 0 aliphatic rings. The number of rotatable bonds is 5. The van der Waals surface area contributed by atoms with Gasteiger partial charge in [0.05, 0.1) is 5.69 Å². The Morgan fingerprint density at radius 1 is 1.37 bits per heavy atom. The lowest BCUT2D eigenvalue weighted by molar-refractivity contribution is -0.122. The normalized spacial score (nSPS) is 11.6. The Labute approximate surface area is 112 Å². The summed E-state index contributed by atoms with van der Waals surface area (Å²) in [5.41, 5.74) is 4.65. The molecule has 0 saturated heterocycles. The van der Waals surface area contributed by atoms with Gasteiger partial charge in [-0.25, -0.2) is 0 Å². The smallest absolute Gasteiger partial charge is 0.251 e. The molecule has 0 saturated carbocycles. The number of amides is 2. The first-order valence-corrected chi connectivity index (χ1v) is 6.15. The van der Waals surface area contributed by atoms with Crippen LogP contribution >= 0.6 is 0 Å². The van der Waals surface area contributed by atoms with Crippen LogP contribution in [0.3, 0.4) is 0 Å². The predicted octanol–water partition coefficient (Wildman–Crippen LogP) is 0.535. The van der Waals surface area contributed by atoms with Crippen LogP contribution in [-0.2, 0) is 4.79 Å². The standard InChI is InChI=1S/C13H20N4O2/c1-4-15-12(18)9(3)16-13(19)10-5-6-11(17-14)8(2)7-10/h5-7,9,17H,4,14H2,1-3H3,(H,15,18)(H,16,19). The SMILES string of the molecule is CCNC(=O)C(C)NC(=O)c1ccc(NN)c(C)c1. The van der Waals surface area contributed by atoms with E-state index < -0.39 is 6.04 Å². The van der Waals surface area contributed by atoms with Crippen LogP contribution in [0, 0.1) is 6.92 Å². The molecule has 0 aromatic heterocycles. The zero-order chi connectivity index (χ0) is 14.4. The van der Waals surface area contributed by atoms with E-state index in [9.17, 15) is 9.59 Å². The first-order chi connectivity index (χ1) is 8.99. The van der Waals surface area contributed by atoms with E-state index in [0.29, 0.717) is 12.1 Å². The molecule has 0 aliphatic carbocycles. The topological polar surface area (TPSA) is 96.2 Å². The van der Waals surface area contributed by atoms with Gasteiger partial charge < -0.3 is 16.1 Å². The van der Waals surface area contributed by atoms with Crippen LogP contribution in [0.4, 0.5) is 5.69 Å². The molecule has 0 aliphatic heterocycles. The third kappa shape index (κ3) is 3.96. The molecule has 0 heterocycles. The van der Waals surface area contributed by atoms with Crippen LogP contribution < -0.4 is 21.9 Å². The second-order valence-corrected chi connectivity index (χ2v) is 4.26. The second kappa shape index (κ2) is 6.75. The van der Waals surface area contributed by atoms with Crippen molar-refractivity contribution < 1.29 is 9.59 Å². The fraction of sp³-hybridized carbons (Fsp3) is 0.385. The first kappa shape index (κ1) is 15.0. The van der Waals surface area contributed by atoms with Gasteiger partial charge in [0.15, 0.2) is 0 Å². The predicted molar refractivity (Wildman–Crippen MR) is 74.6 cm³/mol. The van der Waals surface area contributed by atoms with Crippen molar-refractivity contribution in [2.45, 2.75) is 26.8 Å². The van der Waals surface area contributed by atoms with Gasteiger partial charge in [0.1, 0.15) is 6.04 Å². The van der Waals surface area contributed by atoms with E-state index in [1.54, 1.807) is 25.1 Å². The molecule has 1 aromatic rings. The van der Waals surface area contributed by atoms with E-state index >= 15 is 0 Å². The van der Waals surface area contributed by atoms with Gasteiger partial charge in [-0.15, -0.1) is 0 Å². The van der Waals surface area contributed by atoms with E-state index in [2.05, 4.69) is 16.1 Å². The van der Waals surface area contributed by atoms with Crippen LogP contribution in [0.15, 0.2) is 18.2 Å². The minimum Gasteiger partial charge on any atom is -0.355 e. The summed E-state index contributed by atoms with van der Waals surface area (Å²) in [7, 11) is 0. The Balaban J connectivity index is 2.73. The zero-order valence-corrected chi connectivity index (χ0v) is 11.4. The molecule has 1 rings (SSSR count). The highest BCUT2D eigenvalue weighted by atomic mass is 16.2.